The fraction of sp³-hybridized carbons (Fsp3) is 0.667. The maximum atomic E-state index is 10.1. The zero-order chi connectivity index (χ0) is 16.7. The summed E-state index contributed by atoms with van der Waals surface area (Å²) >= 11 is 0. The van der Waals surface area contributed by atoms with Crippen LogP contribution in [-0.2, 0) is 4.74 Å². The maximum Gasteiger partial charge on any atom is 0.119 e. The molecule has 5 heteroatoms. The second kappa shape index (κ2) is 9.23. The number of aliphatic hydroxyl groups is 2. The van der Waals surface area contributed by atoms with Crippen molar-refractivity contribution in [2.45, 2.75) is 44.9 Å². The summed E-state index contributed by atoms with van der Waals surface area (Å²) in [5.74, 6) is 1.39. The molecule has 0 heterocycles. The van der Waals surface area contributed by atoms with Crippen molar-refractivity contribution < 1.29 is 19.7 Å². The number of nitrogens with one attached hydrogen (secondary N) is 1. The van der Waals surface area contributed by atoms with Gasteiger partial charge in [0.2, 0.25) is 0 Å². The molecule has 0 amide bonds. The minimum absolute atomic E-state index is 0.242. The number of hydrogen-bond acceptors (Lipinski definition) is 5. The highest BCUT2D eigenvalue weighted by Crippen LogP contribution is 2.29. The van der Waals surface area contributed by atoms with E-state index in [4.69, 9.17) is 9.47 Å². The highest BCUT2D eigenvalue weighted by atomic mass is 16.5. The number of benzene rings is 1. The standard InChI is InChI=1S/C18H29NO4/c1-13(2)19-9-16(20)11-23-17-7-5-15(6-8-17)18(21)12-22-10-14-3-4-14/h5-8,13-14,16,18-21H,3-4,9-12H2,1-2H3/t16-,18-/m0/s1. The monoisotopic (exact) mass is 323 g/mol. The highest BCUT2D eigenvalue weighted by molar-refractivity contribution is 5.28. The first-order valence-corrected chi connectivity index (χ1v) is 8.44. The Balaban J connectivity index is 1.68. The van der Waals surface area contributed by atoms with E-state index in [0.29, 0.717) is 30.9 Å². The van der Waals surface area contributed by atoms with Crippen LogP contribution in [0.2, 0.25) is 0 Å². The van der Waals surface area contributed by atoms with Gasteiger partial charge in [0.25, 0.3) is 0 Å². The molecule has 23 heavy (non-hydrogen) atoms. The minimum Gasteiger partial charge on any atom is -0.491 e. The molecule has 2 rings (SSSR count). The third-order valence-corrected chi connectivity index (χ3v) is 3.80. The van der Waals surface area contributed by atoms with Crippen molar-refractivity contribution in [2.75, 3.05) is 26.4 Å². The van der Waals surface area contributed by atoms with Crippen LogP contribution in [0.5, 0.6) is 5.75 Å². The Kier molecular flexibility index (Phi) is 7.30. The van der Waals surface area contributed by atoms with E-state index < -0.39 is 12.2 Å². The first kappa shape index (κ1) is 18.2. The van der Waals surface area contributed by atoms with E-state index in [9.17, 15) is 10.2 Å². The molecule has 1 aliphatic carbocycles. The van der Waals surface area contributed by atoms with Gasteiger partial charge in [0.05, 0.1) is 6.61 Å². The van der Waals surface area contributed by atoms with Gasteiger partial charge in [-0.2, -0.15) is 0 Å². The average molecular weight is 323 g/mol. The molecular formula is C18H29NO4. The Labute approximate surface area is 138 Å². The van der Waals surface area contributed by atoms with Crippen LogP contribution in [0.25, 0.3) is 0 Å². The van der Waals surface area contributed by atoms with E-state index in [1.165, 1.54) is 12.8 Å². The van der Waals surface area contributed by atoms with Gasteiger partial charge in [-0.15, -0.1) is 0 Å². The predicted molar refractivity (Wildman–Crippen MR) is 89.6 cm³/mol. The number of aliphatic hydroxyl groups excluding tert-OH is 2. The van der Waals surface area contributed by atoms with Gasteiger partial charge in [0.1, 0.15) is 24.6 Å². The predicted octanol–water partition coefficient (Wildman–Crippen LogP) is 1.88. The van der Waals surface area contributed by atoms with E-state index in [2.05, 4.69) is 5.32 Å². The van der Waals surface area contributed by atoms with Crippen molar-refractivity contribution in [1.82, 2.24) is 5.32 Å². The molecule has 3 N–H and O–H groups in total. The van der Waals surface area contributed by atoms with Crippen LogP contribution in [0.15, 0.2) is 24.3 Å². The topological polar surface area (TPSA) is 71.0 Å². The zero-order valence-corrected chi connectivity index (χ0v) is 14.1. The summed E-state index contributed by atoms with van der Waals surface area (Å²) < 4.78 is 11.1. The summed E-state index contributed by atoms with van der Waals surface area (Å²) in [5.41, 5.74) is 0.815. The summed E-state index contributed by atoms with van der Waals surface area (Å²) in [6.07, 6.45) is 1.35. The molecule has 0 unspecified atom stereocenters. The lowest BCUT2D eigenvalue weighted by molar-refractivity contribution is 0.0314. The van der Waals surface area contributed by atoms with Gasteiger partial charge in [0, 0.05) is 19.2 Å². The Hall–Kier alpha value is -1.14. The Morgan fingerprint density at radius 1 is 1.13 bits per heavy atom. The van der Waals surface area contributed by atoms with Crippen molar-refractivity contribution in [3.05, 3.63) is 29.8 Å². The van der Waals surface area contributed by atoms with Gasteiger partial charge in [-0.1, -0.05) is 26.0 Å². The summed E-state index contributed by atoms with van der Waals surface area (Å²) in [4.78, 5) is 0. The third kappa shape index (κ3) is 7.31. The molecule has 1 saturated carbocycles. The van der Waals surface area contributed by atoms with Crippen molar-refractivity contribution in [3.8, 4) is 5.75 Å². The van der Waals surface area contributed by atoms with Crippen LogP contribution in [0, 0.1) is 5.92 Å². The SMILES string of the molecule is CC(C)NC[C@H](O)COc1ccc([C@@H](O)COCC2CC2)cc1. The molecule has 5 nitrogen and oxygen atoms in total. The maximum absolute atomic E-state index is 10.1. The van der Waals surface area contributed by atoms with Crippen LogP contribution < -0.4 is 10.1 Å². The quantitative estimate of drug-likeness (QED) is 0.580. The third-order valence-electron chi connectivity index (χ3n) is 3.80. The molecule has 0 aliphatic heterocycles. The lowest BCUT2D eigenvalue weighted by atomic mass is 10.1. The molecule has 130 valence electrons. The van der Waals surface area contributed by atoms with Crippen molar-refractivity contribution in [1.29, 1.82) is 0 Å². The summed E-state index contributed by atoms with van der Waals surface area (Å²) in [7, 11) is 0. The largest absolute Gasteiger partial charge is 0.491 e. The molecule has 1 aromatic rings. The molecule has 2 atom stereocenters. The van der Waals surface area contributed by atoms with E-state index in [0.717, 1.165) is 12.2 Å². The second-order valence-corrected chi connectivity index (χ2v) is 6.59. The molecular weight excluding hydrogens is 294 g/mol. The zero-order valence-electron chi connectivity index (χ0n) is 14.1. The molecule has 1 fully saturated rings. The Morgan fingerprint density at radius 3 is 2.43 bits per heavy atom. The van der Waals surface area contributed by atoms with E-state index in [-0.39, 0.29) is 6.61 Å². The molecule has 0 saturated heterocycles. The van der Waals surface area contributed by atoms with E-state index in [1.54, 1.807) is 0 Å². The first-order chi connectivity index (χ1) is 11.0. The minimum atomic E-state index is -0.608. The van der Waals surface area contributed by atoms with Crippen molar-refractivity contribution in [2.24, 2.45) is 5.92 Å². The summed E-state index contributed by atoms with van der Waals surface area (Å²) in [6.45, 7) is 5.90. The van der Waals surface area contributed by atoms with Crippen LogP contribution >= 0.6 is 0 Å². The van der Waals surface area contributed by atoms with Gasteiger partial charge >= 0.3 is 0 Å². The highest BCUT2D eigenvalue weighted by Gasteiger charge is 2.21. The Bertz CT molecular complexity index is 445. The number of hydrogen-bond donors (Lipinski definition) is 3. The second-order valence-electron chi connectivity index (χ2n) is 6.59. The molecule has 1 aromatic carbocycles. The van der Waals surface area contributed by atoms with Gasteiger partial charge in [-0.3, -0.25) is 0 Å². The lowest BCUT2D eigenvalue weighted by Gasteiger charge is -2.16. The molecule has 0 bridgehead atoms. The van der Waals surface area contributed by atoms with Crippen LogP contribution in [0.3, 0.4) is 0 Å². The first-order valence-electron chi connectivity index (χ1n) is 8.44. The fourth-order valence-corrected chi connectivity index (χ4v) is 2.14. The summed E-state index contributed by atoms with van der Waals surface area (Å²) in [5, 5.41) is 23.0. The molecule has 0 aromatic heterocycles. The van der Waals surface area contributed by atoms with Gasteiger partial charge in [-0.25, -0.2) is 0 Å². The average Bonchev–Trinajstić information content (AvgIpc) is 3.35. The normalized spacial score (nSPS) is 17.3. The smallest absolute Gasteiger partial charge is 0.119 e. The van der Waals surface area contributed by atoms with Crippen molar-refractivity contribution in [3.63, 3.8) is 0 Å². The van der Waals surface area contributed by atoms with Crippen molar-refractivity contribution >= 4 is 0 Å². The molecule has 0 radical (unpaired) electrons. The van der Waals surface area contributed by atoms with E-state index >= 15 is 0 Å². The Morgan fingerprint density at radius 2 is 1.83 bits per heavy atom. The lowest BCUT2D eigenvalue weighted by Crippen LogP contribution is -2.35. The van der Waals surface area contributed by atoms with Crippen LogP contribution in [0.1, 0.15) is 38.4 Å². The van der Waals surface area contributed by atoms with Gasteiger partial charge < -0.3 is 25.0 Å². The van der Waals surface area contributed by atoms with Gasteiger partial charge in [-0.05, 0) is 36.5 Å². The van der Waals surface area contributed by atoms with Crippen LogP contribution in [0.4, 0.5) is 0 Å². The molecule has 1 aliphatic rings. The fourth-order valence-electron chi connectivity index (χ4n) is 2.14. The van der Waals surface area contributed by atoms with Crippen LogP contribution in [-0.4, -0.2) is 48.7 Å². The number of rotatable bonds is 11. The van der Waals surface area contributed by atoms with Gasteiger partial charge in [0.15, 0.2) is 0 Å². The summed E-state index contributed by atoms with van der Waals surface area (Å²) in [6, 6.07) is 7.62. The molecule has 0 spiro atoms. The van der Waals surface area contributed by atoms with E-state index in [1.807, 2.05) is 38.1 Å². The number of ether oxygens (including phenoxy) is 2.